The van der Waals surface area contributed by atoms with Crippen molar-refractivity contribution >= 4 is 22.4 Å². The molecule has 0 saturated heterocycles. The average molecular weight is 529 g/mol. The first-order valence-corrected chi connectivity index (χ1v) is 10.3. The Morgan fingerprint density at radius 1 is 0.806 bits per heavy atom. The smallest absolute Gasteiger partial charge is 0.336 e. The van der Waals surface area contributed by atoms with E-state index in [1.54, 1.807) is 0 Å². The van der Waals surface area contributed by atoms with Crippen LogP contribution in [0.15, 0.2) is 65.5 Å². The van der Waals surface area contributed by atoms with Crippen molar-refractivity contribution in [1.29, 1.82) is 0 Å². The Labute approximate surface area is 202 Å². The number of hydrogen-bond donors (Lipinski definition) is 4. The van der Waals surface area contributed by atoms with Crippen LogP contribution in [-0.4, -0.2) is 30.2 Å². The van der Waals surface area contributed by atoms with E-state index >= 15 is 0 Å². The summed E-state index contributed by atoms with van der Waals surface area (Å²) in [6.45, 7) is 0. The molecule has 188 valence electrons. The third-order valence-corrected chi connectivity index (χ3v) is 5.51. The number of nitrogens with zero attached hydrogens (tertiary/aromatic N) is 2. The number of fused-ring (bicyclic) bond motifs is 1. The van der Waals surface area contributed by atoms with Crippen molar-refractivity contribution < 1.29 is 42.4 Å². The van der Waals surface area contributed by atoms with Gasteiger partial charge in [0.1, 0.15) is 0 Å². The molecule has 0 bridgehead atoms. The average Bonchev–Trinajstić information content (AvgIpc) is 2.77. The van der Waals surface area contributed by atoms with Crippen molar-refractivity contribution in [2.75, 3.05) is 0 Å². The van der Waals surface area contributed by atoms with Gasteiger partial charge in [-0.15, -0.1) is 0 Å². The van der Waals surface area contributed by atoms with Crippen molar-refractivity contribution in [2.24, 2.45) is 0 Å². The Morgan fingerprint density at radius 2 is 1.44 bits per heavy atom. The van der Waals surface area contributed by atoms with Crippen LogP contribution < -0.4 is 5.56 Å². The van der Waals surface area contributed by atoms with Gasteiger partial charge in [-0.05, 0) is 36.4 Å². The molecule has 0 fully saturated rings. The first kappa shape index (κ1) is 25.7. The molecule has 4 rings (SSSR count). The monoisotopic (exact) mass is 528 g/mol. The fourth-order valence-corrected chi connectivity index (χ4v) is 3.91. The van der Waals surface area contributed by atoms with Crippen molar-refractivity contribution in [1.82, 2.24) is 9.78 Å². The van der Waals surface area contributed by atoms with Crippen LogP contribution in [0, 0.1) is 0 Å². The van der Waals surface area contributed by atoms with E-state index in [9.17, 15) is 47.2 Å². The molecular formula is C23H14ClF5N2O5. The van der Waals surface area contributed by atoms with E-state index in [1.165, 1.54) is 18.2 Å². The zero-order chi connectivity index (χ0) is 26.6. The molecule has 0 aliphatic heterocycles. The van der Waals surface area contributed by atoms with Crippen LogP contribution in [0.3, 0.4) is 0 Å². The van der Waals surface area contributed by atoms with Crippen molar-refractivity contribution in [3.8, 4) is 16.9 Å². The fraction of sp³-hybridized carbons (Fsp3) is 0.130. The molecule has 4 N–H and O–H groups in total. The molecule has 1 aromatic heterocycles. The molecule has 13 heteroatoms. The van der Waals surface area contributed by atoms with Crippen LogP contribution in [0.25, 0.3) is 27.7 Å². The van der Waals surface area contributed by atoms with E-state index in [-0.39, 0.29) is 27.2 Å². The second kappa shape index (κ2) is 8.61. The highest BCUT2D eigenvalue weighted by Gasteiger charge is 2.40. The number of aliphatic hydroxyl groups is 4. The second-order valence-corrected chi connectivity index (χ2v) is 8.14. The van der Waals surface area contributed by atoms with Crippen molar-refractivity contribution in [3.63, 3.8) is 0 Å². The van der Waals surface area contributed by atoms with Crippen LogP contribution >= 0.6 is 11.6 Å². The van der Waals surface area contributed by atoms with Crippen LogP contribution in [0.5, 0.6) is 0 Å². The first-order chi connectivity index (χ1) is 16.6. The van der Waals surface area contributed by atoms with Gasteiger partial charge in [0.2, 0.25) is 0 Å². The van der Waals surface area contributed by atoms with Gasteiger partial charge >= 0.3 is 18.3 Å². The van der Waals surface area contributed by atoms with E-state index in [1.807, 2.05) is 0 Å². The quantitative estimate of drug-likeness (QED) is 0.236. The number of benzene rings is 3. The highest BCUT2D eigenvalue weighted by molar-refractivity contribution is 6.31. The number of halogens is 6. The molecule has 3 aromatic carbocycles. The number of rotatable bonds is 4. The molecular weight excluding hydrogens is 515 g/mol. The maximum absolute atomic E-state index is 14.5. The molecule has 7 nitrogen and oxygen atoms in total. The predicted molar refractivity (Wildman–Crippen MR) is 117 cm³/mol. The normalized spacial score (nSPS) is 12.8. The van der Waals surface area contributed by atoms with Crippen LogP contribution in [0.4, 0.5) is 22.0 Å². The molecule has 1 heterocycles. The molecule has 0 amide bonds. The van der Waals surface area contributed by atoms with Crippen LogP contribution in [-0.2, 0) is 18.3 Å². The molecule has 4 aromatic rings. The van der Waals surface area contributed by atoms with E-state index in [0.29, 0.717) is 22.9 Å². The summed E-state index contributed by atoms with van der Waals surface area (Å²) in [6.07, 6.45) is -4.66. The van der Waals surface area contributed by atoms with Crippen LogP contribution in [0.2, 0.25) is 5.02 Å². The minimum atomic E-state index is -4.66. The summed E-state index contributed by atoms with van der Waals surface area (Å²) in [6, 6.07) is 1.25. The van der Waals surface area contributed by atoms with Gasteiger partial charge in [0, 0.05) is 16.0 Å². The first-order valence-electron chi connectivity index (χ1n) is 9.91. The topological polar surface area (TPSA) is 116 Å². The minimum Gasteiger partial charge on any atom is -0.336 e. The Bertz CT molecular complexity index is 1520. The molecule has 0 saturated carbocycles. The van der Waals surface area contributed by atoms with Gasteiger partial charge in [0.05, 0.1) is 33.5 Å². The predicted octanol–water partition coefficient (Wildman–Crippen LogP) is 3.85. The largest absolute Gasteiger partial charge is 0.416 e. The highest BCUT2D eigenvalue weighted by Crippen LogP contribution is 2.40. The zero-order valence-corrected chi connectivity index (χ0v) is 18.4. The lowest BCUT2D eigenvalue weighted by atomic mass is 9.94. The third kappa shape index (κ3) is 4.68. The van der Waals surface area contributed by atoms with E-state index < -0.39 is 46.1 Å². The molecule has 0 atom stereocenters. The number of aromatic nitrogens is 2. The molecule has 0 aliphatic carbocycles. The molecule has 36 heavy (non-hydrogen) atoms. The Morgan fingerprint density at radius 3 is 2.00 bits per heavy atom. The summed E-state index contributed by atoms with van der Waals surface area (Å²) in [4.78, 5) is 13.2. The van der Waals surface area contributed by atoms with Gasteiger partial charge in [-0.1, -0.05) is 35.9 Å². The van der Waals surface area contributed by atoms with Gasteiger partial charge in [-0.25, -0.2) is 0 Å². The van der Waals surface area contributed by atoms with Gasteiger partial charge in [-0.3, -0.25) is 4.79 Å². The SMILES string of the molecule is O=c1c2cc(Cl)ccc2c(-c2cccc(C(O)(O)F)c2C(O)(O)F)nn1-c1ccc(C(F)(F)F)cc1. The summed E-state index contributed by atoms with van der Waals surface area (Å²) in [5.74, 6) is 0. The summed E-state index contributed by atoms with van der Waals surface area (Å²) in [7, 11) is 0. The lowest BCUT2D eigenvalue weighted by Gasteiger charge is -2.24. The van der Waals surface area contributed by atoms with Crippen LogP contribution in [0.1, 0.15) is 16.7 Å². The second-order valence-electron chi connectivity index (χ2n) is 7.70. The summed E-state index contributed by atoms with van der Waals surface area (Å²) in [5, 5.41) is 42.2. The van der Waals surface area contributed by atoms with Crippen molar-refractivity contribution in [2.45, 2.75) is 18.3 Å². The molecule has 0 spiro atoms. The maximum atomic E-state index is 14.5. The third-order valence-electron chi connectivity index (χ3n) is 5.28. The van der Waals surface area contributed by atoms with E-state index in [2.05, 4.69) is 5.10 Å². The maximum Gasteiger partial charge on any atom is 0.416 e. The van der Waals surface area contributed by atoms with Gasteiger partial charge in [-0.2, -0.15) is 31.7 Å². The lowest BCUT2D eigenvalue weighted by Crippen LogP contribution is -2.29. The summed E-state index contributed by atoms with van der Waals surface area (Å²) >= 11 is 6.00. The summed E-state index contributed by atoms with van der Waals surface area (Å²) < 4.78 is 68.1. The molecule has 0 unspecified atom stereocenters. The standard InChI is InChI=1S/C23H14ClF5N2O5/c24-12-6-9-14-16(10-12)20(32)31(13-7-4-11(5-8-13)21(25,26)27)30-19(14)15-2-1-3-17(22(28,33)34)18(15)23(29,35)36/h1-10,33-36H. The highest BCUT2D eigenvalue weighted by atomic mass is 35.5. The minimum absolute atomic E-state index is 0.0458. The fourth-order valence-electron chi connectivity index (χ4n) is 3.74. The zero-order valence-electron chi connectivity index (χ0n) is 17.6. The van der Waals surface area contributed by atoms with Gasteiger partial charge in [0.25, 0.3) is 5.56 Å². The van der Waals surface area contributed by atoms with Gasteiger partial charge in [0.15, 0.2) is 0 Å². The molecule has 0 radical (unpaired) electrons. The lowest BCUT2D eigenvalue weighted by molar-refractivity contribution is -0.290. The Hall–Kier alpha value is -3.42. The Kier molecular flexibility index (Phi) is 6.14. The van der Waals surface area contributed by atoms with E-state index in [0.717, 1.165) is 24.3 Å². The van der Waals surface area contributed by atoms with Gasteiger partial charge < -0.3 is 20.4 Å². The van der Waals surface area contributed by atoms with E-state index in [4.69, 9.17) is 11.6 Å². The number of hydrogen-bond acceptors (Lipinski definition) is 6. The van der Waals surface area contributed by atoms with Crippen molar-refractivity contribution in [3.05, 3.63) is 92.7 Å². The molecule has 0 aliphatic rings. The summed E-state index contributed by atoms with van der Waals surface area (Å²) in [5.41, 5.74) is -5.57. The number of alkyl halides is 5. The Balaban J connectivity index is 2.10.